The summed E-state index contributed by atoms with van der Waals surface area (Å²) in [5, 5.41) is 0. The Bertz CT molecular complexity index is 584. The second-order valence-corrected chi connectivity index (χ2v) is 7.13. The highest BCUT2D eigenvalue weighted by Crippen LogP contribution is 2.38. The molecule has 0 saturated carbocycles. The minimum Gasteiger partial charge on any atom is -0.399 e. The Morgan fingerprint density at radius 2 is 1.48 bits per heavy atom. The van der Waals surface area contributed by atoms with Crippen molar-refractivity contribution in [2.75, 3.05) is 20.3 Å². The molecule has 0 unspecified atom stereocenters. The number of rotatable bonds is 3. The minimum absolute atomic E-state index is 0.209. The molecule has 0 spiro atoms. The van der Waals surface area contributed by atoms with Gasteiger partial charge < -0.3 is 18.8 Å². The fraction of sp³-hybridized carbons (Fsp3) is 0.625. The van der Waals surface area contributed by atoms with Gasteiger partial charge in [-0.25, -0.2) is 8.78 Å². The van der Waals surface area contributed by atoms with E-state index >= 15 is 0 Å². The molecule has 0 aliphatic carbocycles. The molecule has 4 nitrogen and oxygen atoms in total. The summed E-state index contributed by atoms with van der Waals surface area (Å²) in [6.45, 7) is 7.90. The molecule has 2 heterocycles. The number of methoxy groups -OCH3 is 1. The highest BCUT2D eigenvalue weighted by atomic mass is 19.1. The number of hydrogen-bond acceptors (Lipinski definition) is 4. The van der Waals surface area contributed by atoms with Crippen LogP contribution in [0.5, 0.6) is 0 Å². The molecule has 0 bridgehead atoms. The predicted molar refractivity (Wildman–Crippen MR) is 81.6 cm³/mol. The molecule has 1 aromatic carbocycles. The zero-order valence-electron chi connectivity index (χ0n) is 14.0. The average molecular weight is 326 g/mol. The Hall–Kier alpha value is -1.02. The Morgan fingerprint density at radius 3 is 1.83 bits per heavy atom. The Balaban J connectivity index is 1.97. The van der Waals surface area contributed by atoms with Crippen molar-refractivity contribution in [3.05, 3.63) is 29.3 Å². The van der Waals surface area contributed by atoms with E-state index in [1.165, 1.54) is 19.2 Å². The lowest BCUT2D eigenvalue weighted by Gasteiger charge is -2.40. The summed E-state index contributed by atoms with van der Waals surface area (Å²) in [5.41, 5.74) is -1.90. The summed E-state index contributed by atoms with van der Waals surface area (Å²) in [5.74, 6) is -1.41. The van der Waals surface area contributed by atoms with Gasteiger partial charge in [0.25, 0.3) is 0 Å². The zero-order valence-corrected chi connectivity index (χ0v) is 14.0. The first-order valence-electron chi connectivity index (χ1n) is 7.60. The molecule has 126 valence electrons. The first-order chi connectivity index (χ1) is 10.6. The van der Waals surface area contributed by atoms with Crippen LogP contribution in [0.4, 0.5) is 8.78 Å². The van der Waals surface area contributed by atoms with Gasteiger partial charge in [0.05, 0.1) is 29.9 Å². The fourth-order valence-electron chi connectivity index (χ4n) is 2.72. The van der Waals surface area contributed by atoms with E-state index in [4.69, 9.17) is 18.8 Å². The molecular formula is C16H21BF2O4. The lowest BCUT2D eigenvalue weighted by Crippen LogP contribution is -2.49. The van der Waals surface area contributed by atoms with Crippen LogP contribution in [-0.2, 0) is 24.4 Å². The number of halogens is 2. The van der Waals surface area contributed by atoms with Gasteiger partial charge in [0.1, 0.15) is 17.2 Å². The van der Waals surface area contributed by atoms with Gasteiger partial charge in [-0.15, -0.1) is 0 Å². The second kappa shape index (κ2) is 5.24. The third kappa shape index (κ3) is 2.50. The van der Waals surface area contributed by atoms with Crippen LogP contribution in [0.15, 0.2) is 12.1 Å². The second-order valence-electron chi connectivity index (χ2n) is 7.13. The lowest BCUT2D eigenvalue weighted by atomic mass is 9.76. The van der Waals surface area contributed by atoms with E-state index in [2.05, 4.69) is 0 Å². The molecule has 0 aromatic heterocycles. The smallest absolute Gasteiger partial charge is 0.399 e. The van der Waals surface area contributed by atoms with Crippen LogP contribution in [0.3, 0.4) is 0 Å². The van der Waals surface area contributed by atoms with Gasteiger partial charge >= 0.3 is 7.12 Å². The van der Waals surface area contributed by atoms with Crippen molar-refractivity contribution in [1.29, 1.82) is 0 Å². The molecule has 2 saturated heterocycles. The van der Waals surface area contributed by atoms with Crippen molar-refractivity contribution >= 4 is 12.6 Å². The summed E-state index contributed by atoms with van der Waals surface area (Å²) in [4.78, 5) is 0. The lowest BCUT2D eigenvalue weighted by molar-refractivity contribution is -0.202. The summed E-state index contributed by atoms with van der Waals surface area (Å²) in [6, 6.07) is 2.55. The number of hydrogen-bond donors (Lipinski definition) is 0. The van der Waals surface area contributed by atoms with E-state index in [0.29, 0.717) is 5.56 Å². The number of benzene rings is 1. The fourth-order valence-corrected chi connectivity index (χ4v) is 2.72. The first kappa shape index (κ1) is 16.8. The molecule has 2 fully saturated rings. The molecule has 0 N–H and O–H groups in total. The summed E-state index contributed by atoms with van der Waals surface area (Å²) in [7, 11) is 0.422. The van der Waals surface area contributed by atoms with Crippen molar-refractivity contribution in [1.82, 2.24) is 0 Å². The first-order valence-corrected chi connectivity index (χ1v) is 7.60. The largest absolute Gasteiger partial charge is 0.500 e. The van der Waals surface area contributed by atoms with Crippen LogP contribution < -0.4 is 5.46 Å². The average Bonchev–Trinajstić information content (AvgIpc) is 2.56. The normalized spacial score (nSPS) is 24.6. The van der Waals surface area contributed by atoms with E-state index in [1.807, 2.05) is 27.7 Å². The SMILES string of the molecule is COC1(c2cc(F)c(B3OC(C)(C)C(C)(C)O3)c(F)c2)COC1. The van der Waals surface area contributed by atoms with Crippen LogP contribution in [0.2, 0.25) is 0 Å². The molecule has 7 heteroatoms. The van der Waals surface area contributed by atoms with Gasteiger partial charge in [-0.05, 0) is 45.4 Å². The van der Waals surface area contributed by atoms with Gasteiger partial charge in [0, 0.05) is 7.11 Å². The van der Waals surface area contributed by atoms with Gasteiger partial charge in [-0.1, -0.05) is 0 Å². The van der Waals surface area contributed by atoms with Crippen molar-refractivity contribution in [3.8, 4) is 0 Å². The van der Waals surface area contributed by atoms with E-state index in [9.17, 15) is 8.78 Å². The highest BCUT2D eigenvalue weighted by molar-refractivity contribution is 6.62. The van der Waals surface area contributed by atoms with Crippen molar-refractivity contribution in [2.24, 2.45) is 0 Å². The van der Waals surface area contributed by atoms with Crippen molar-refractivity contribution in [2.45, 2.75) is 44.5 Å². The van der Waals surface area contributed by atoms with Crippen LogP contribution in [0.25, 0.3) is 0 Å². The molecule has 2 aliphatic rings. The molecular weight excluding hydrogens is 305 g/mol. The van der Waals surface area contributed by atoms with Gasteiger partial charge in [-0.2, -0.15) is 0 Å². The van der Waals surface area contributed by atoms with Crippen LogP contribution in [-0.4, -0.2) is 38.6 Å². The Kier molecular flexibility index (Phi) is 3.84. The molecule has 3 rings (SSSR count). The zero-order chi connectivity index (χ0) is 17.0. The standard InChI is InChI=1S/C16H21BF2O4/c1-14(2)15(3,4)23-17(22-14)13-11(18)6-10(7-12(13)19)16(20-5)8-21-9-16/h6-7H,8-9H2,1-5H3. The summed E-state index contributed by atoms with van der Waals surface area (Å²) in [6.07, 6.45) is 0. The van der Waals surface area contributed by atoms with Gasteiger partial charge in [0.2, 0.25) is 0 Å². The predicted octanol–water partition coefficient (Wildman–Crippen LogP) is 2.14. The number of ether oxygens (including phenoxy) is 2. The Labute approximate surface area is 135 Å². The van der Waals surface area contributed by atoms with Crippen molar-refractivity contribution in [3.63, 3.8) is 0 Å². The quantitative estimate of drug-likeness (QED) is 0.798. The van der Waals surface area contributed by atoms with Crippen LogP contribution in [0, 0.1) is 11.6 Å². The van der Waals surface area contributed by atoms with Crippen LogP contribution >= 0.6 is 0 Å². The van der Waals surface area contributed by atoms with Crippen molar-refractivity contribution < 1.29 is 27.6 Å². The molecule has 1 aromatic rings. The molecule has 0 radical (unpaired) electrons. The van der Waals surface area contributed by atoms with E-state index in [1.54, 1.807) is 0 Å². The van der Waals surface area contributed by atoms with Gasteiger partial charge in [-0.3, -0.25) is 0 Å². The monoisotopic (exact) mass is 326 g/mol. The maximum atomic E-state index is 14.6. The molecule has 2 aliphatic heterocycles. The molecule has 23 heavy (non-hydrogen) atoms. The molecule has 0 amide bonds. The summed E-state index contributed by atoms with van der Waals surface area (Å²) >= 11 is 0. The Morgan fingerprint density at radius 1 is 1.00 bits per heavy atom. The minimum atomic E-state index is -1.08. The van der Waals surface area contributed by atoms with E-state index < -0.39 is 35.6 Å². The third-order valence-electron chi connectivity index (χ3n) is 5.16. The van der Waals surface area contributed by atoms with E-state index in [0.717, 1.165) is 0 Å². The van der Waals surface area contributed by atoms with Crippen LogP contribution in [0.1, 0.15) is 33.3 Å². The summed E-state index contributed by atoms with van der Waals surface area (Å²) < 4.78 is 51.2. The maximum absolute atomic E-state index is 14.6. The van der Waals surface area contributed by atoms with E-state index in [-0.39, 0.29) is 18.7 Å². The molecule has 0 atom stereocenters. The third-order valence-corrected chi connectivity index (χ3v) is 5.16. The van der Waals surface area contributed by atoms with Gasteiger partial charge in [0.15, 0.2) is 0 Å². The topological polar surface area (TPSA) is 36.9 Å². The highest BCUT2D eigenvalue weighted by Gasteiger charge is 2.53. The maximum Gasteiger partial charge on any atom is 0.500 e.